The topological polar surface area (TPSA) is 52.5 Å². The fraction of sp³-hybridized carbons (Fsp3) is 0.625. The Bertz CT molecular complexity index is 413. The summed E-state index contributed by atoms with van der Waals surface area (Å²) in [5.41, 5.74) is 1.000. The van der Waals surface area contributed by atoms with E-state index < -0.39 is 6.23 Å². The Kier molecular flexibility index (Phi) is 4.04. The molecule has 0 heterocycles. The summed E-state index contributed by atoms with van der Waals surface area (Å²) in [6.45, 7) is 6.72. The highest BCUT2D eigenvalue weighted by Gasteiger charge is 2.41. The van der Waals surface area contributed by atoms with Gasteiger partial charge in [-0.1, -0.05) is 33.6 Å². The van der Waals surface area contributed by atoms with Crippen molar-refractivity contribution in [1.82, 2.24) is 0 Å². The first-order chi connectivity index (χ1) is 8.90. The molecular weight excluding hydrogens is 238 g/mol. The van der Waals surface area contributed by atoms with Gasteiger partial charge in [0.15, 0.2) is 0 Å². The Balaban J connectivity index is 2.09. The molecule has 0 radical (unpaired) electrons. The Labute approximate surface area is 115 Å². The predicted molar refractivity (Wildman–Crippen MR) is 78.0 cm³/mol. The fourth-order valence-corrected chi connectivity index (χ4v) is 3.55. The van der Waals surface area contributed by atoms with Crippen LogP contribution in [0, 0.1) is 17.3 Å². The molecule has 1 aromatic carbocycles. The summed E-state index contributed by atoms with van der Waals surface area (Å²) in [5, 5.41) is 23.0. The molecule has 106 valence electrons. The number of hydrogen-bond donors (Lipinski definition) is 3. The molecule has 0 amide bonds. The molecule has 2 rings (SSSR count). The number of rotatable bonds is 3. The van der Waals surface area contributed by atoms with Crippen molar-refractivity contribution in [3.8, 4) is 5.75 Å². The molecule has 0 spiro atoms. The van der Waals surface area contributed by atoms with E-state index in [2.05, 4.69) is 26.1 Å². The van der Waals surface area contributed by atoms with Gasteiger partial charge in [-0.05, 0) is 42.0 Å². The van der Waals surface area contributed by atoms with E-state index in [-0.39, 0.29) is 17.1 Å². The van der Waals surface area contributed by atoms with Crippen LogP contribution in [0.5, 0.6) is 5.75 Å². The highest BCUT2D eigenvalue weighted by Crippen LogP contribution is 2.45. The number of aromatic hydroxyl groups is 1. The smallest absolute Gasteiger partial charge is 0.128 e. The summed E-state index contributed by atoms with van der Waals surface area (Å²) in [5.74, 6) is 1.00. The molecule has 1 saturated carbocycles. The fourth-order valence-electron chi connectivity index (χ4n) is 3.55. The van der Waals surface area contributed by atoms with Crippen molar-refractivity contribution in [1.29, 1.82) is 0 Å². The lowest BCUT2D eigenvalue weighted by atomic mass is 9.63. The van der Waals surface area contributed by atoms with Gasteiger partial charge in [-0.2, -0.15) is 0 Å². The van der Waals surface area contributed by atoms with Gasteiger partial charge < -0.3 is 15.5 Å². The van der Waals surface area contributed by atoms with Gasteiger partial charge in [0, 0.05) is 11.6 Å². The molecule has 1 unspecified atom stereocenters. The largest absolute Gasteiger partial charge is 0.508 e. The molecule has 0 bridgehead atoms. The number of phenolic OH excluding ortho intramolecular Hbond substituents is 1. The van der Waals surface area contributed by atoms with Crippen LogP contribution in [0.25, 0.3) is 0 Å². The van der Waals surface area contributed by atoms with E-state index in [0.717, 1.165) is 12.1 Å². The van der Waals surface area contributed by atoms with Crippen LogP contribution in [0.4, 0.5) is 5.69 Å². The molecule has 0 aromatic heterocycles. The van der Waals surface area contributed by atoms with Crippen LogP contribution in [0.2, 0.25) is 0 Å². The maximum atomic E-state index is 10.5. The van der Waals surface area contributed by atoms with Crippen LogP contribution in [0.3, 0.4) is 0 Å². The van der Waals surface area contributed by atoms with Crippen molar-refractivity contribution in [2.75, 3.05) is 5.32 Å². The van der Waals surface area contributed by atoms with E-state index in [1.54, 1.807) is 24.3 Å². The summed E-state index contributed by atoms with van der Waals surface area (Å²) in [6, 6.07) is 6.84. The first kappa shape index (κ1) is 14.2. The second kappa shape index (κ2) is 5.41. The Hall–Kier alpha value is -1.22. The van der Waals surface area contributed by atoms with E-state index in [1.807, 2.05) is 0 Å². The molecule has 3 N–H and O–H groups in total. The van der Waals surface area contributed by atoms with Crippen LogP contribution in [0.15, 0.2) is 24.3 Å². The third-order valence-corrected chi connectivity index (χ3v) is 4.52. The van der Waals surface area contributed by atoms with Crippen molar-refractivity contribution >= 4 is 5.69 Å². The first-order valence-corrected chi connectivity index (χ1v) is 7.14. The minimum atomic E-state index is -0.546. The lowest BCUT2D eigenvalue weighted by Crippen LogP contribution is -2.45. The third-order valence-electron chi connectivity index (χ3n) is 4.52. The maximum Gasteiger partial charge on any atom is 0.128 e. The second-order valence-corrected chi connectivity index (χ2v) is 6.52. The van der Waals surface area contributed by atoms with Crippen molar-refractivity contribution in [3.05, 3.63) is 24.3 Å². The summed E-state index contributed by atoms with van der Waals surface area (Å²) in [6.07, 6.45) is 3.05. The van der Waals surface area contributed by atoms with Gasteiger partial charge in [0.25, 0.3) is 0 Å². The summed E-state index contributed by atoms with van der Waals surface area (Å²) < 4.78 is 0. The second-order valence-electron chi connectivity index (χ2n) is 6.52. The average molecular weight is 263 g/mol. The first-order valence-electron chi connectivity index (χ1n) is 7.14. The van der Waals surface area contributed by atoms with E-state index >= 15 is 0 Å². The predicted octanol–water partition coefficient (Wildman–Crippen LogP) is 3.58. The van der Waals surface area contributed by atoms with Gasteiger partial charge in [-0.15, -0.1) is 0 Å². The van der Waals surface area contributed by atoms with Crippen molar-refractivity contribution in [2.45, 2.75) is 46.3 Å². The van der Waals surface area contributed by atoms with E-state index in [0.29, 0.717) is 5.92 Å². The lowest BCUT2D eigenvalue weighted by molar-refractivity contribution is -0.0133. The lowest BCUT2D eigenvalue weighted by Gasteiger charge is -2.45. The van der Waals surface area contributed by atoms with Crippen molar-refractivity contribution in [3.63, 3.8) is 0 Å². The zero-order chi connectivity index (χ0) is 14.0. The Morgan fingerprint density at radius 2 is 1.89 bits per heavy atom. The number of aliphatic hydroxyl groups excluding tert-OH is 1. The molecule has 0 aliphatic heterocycles. The molecule has 19 heavy (non-hydrogen) atoms. The molecule has 1 aliphatic rings. The van der Waals surface area contributed by atoms with Crippen LogP contribution < -0.4 is 5.32 Å². The molecule has 1 fully saturated rings. The van der Waals surface area contributed by atoms with Gasteiger partial charge in [0.1, 0.15) is 12.0 Å². The maximum absolute atomic E-state index is 10.5. The standard InChI is InChI=1S/C16H25NO2/c1-11-5-4-10-16(2,3)14(11)15(19)17-12-6-8-13(18)9-7-12/h6-9,11,14-15,17-19H,4-5,10H2,1-3H3/t11-,14?,15-/m0/s1. The van der Waals surface area contributed by atoms with Crippen molar-refractivity contribution < 1.29 is 10.2 Å². The number of benzene rings is 1. The molecule has 3 heteroatoms. The SMILES string of the molecule is C[C@H]1CCCC(C)(C)C1[C@H](O)Nc1ccc(O)cc1. The minimum Gasteiger partial charge on any atom is -0.508 e. The van der Waals surface area contributed by atoms with Gasteiger partial charge in [-0.3, -0.25) is 0 Å². The number of phenols is 1. The number of nitrogens with one attached hydrogen (secondary N) is 1. The number of anilines is 1. The zero-order valence-corrected chi connectivity index (χ0v) is 12.1. The Morgan fingerprint density at radius 3 is 2.47 bits per heavy atom. The minimum absolute atomic E-state index is 0.154. The van der Waals surface area contributed by atoms with Gasteiger partial charge >= 0.3 is 0 Å². The van der Waals surface area contributed by atoms with E-state index in [9.17, 15) is 10.2 Å². The molecule has 1 aliphatic carbocycles. The normalized spacial score (nSPS) is 27.8. The average Bonchev–Trinajstić information content (AvgIpc) is 2.30. The molecule has 0 saturated heterocycles. The molecule has 3 atom stereocenters. The highest BCUT2D eigenvalue weighted by molar-refractivity contribution is 5.46. The van der Waals surface area contributed by atoms with Crippen LogP contribution in [-0.2, 0) is 0 Å². The van der Waals surface area contributed by atoms with Crippen LogP contribution in [0.1, 0.15) is 40.0 Å². The van der Waals surface area contributed by atoms with E-state index in [1.165, 1.54) is 12.8 Å². The van der Waals surface area contributed by atoms with E-state index in [4.69, 9.17) is 0 Å². The van der Waals surface area contributed by atoms with Gasteiger partial charge in [0.2, 0.25) is 0 Å². The Morgan fingerprint density at radius 1 is 1.26 bits per heavy atom. The monoisotopic (exact) mass is 263 g/mol. The highest BCUT2D eigenvalue weighted by atomic mass is 16.3. The molecule has 1 aromatic rings. The zero-order valence-electron chi connectivity index (χ0n) is 12.1. The number of aliphatic hydroxyl groups is 1. The summed E-state index contributed by atoms with van der Waals surface area (Å²) in [7, 11) is 0. The van der Waals surface area contributed by atoms with Gasteiger partial charge in [-0.25, -0.2) is 0 Å². The summed E-state index contributed by atoms with van der Waals surface area (Å²) in [4.78, 5) is 0. The number of hydrogen-bond acceptors (Lipinski definition) is 3. The third kappa shape index (κ3) is 3.21. The molecule has 3 nitrogen and oxygen atoms in total. The van der Waals surface area contributed by atoms with Crippen LogP contribution >= 0.6 is 0 Å². The van der Waals surface area contributed by atoms with Crippen LogP contribution in [-0.4, -0.2) is 16.4 Å². The molecular formula is C16H25NO2. The quantitative estimate of drug-likeness (QED) is 0.577. The summed E-state index contributed by atoms with van der Waals surface area (Å²) >= 11 is 0. The van der Waals surface area contributed by atoms with Crippen molar-refractivity contribution in [2.24, 2.45) is 17.3 Å². The van der Waals surface area contributed by atoms with Gasteiger partial charge in [0.05, 0.1) is 0 Å².